The molecule has 0 aromatic carbocycles. The van der Waals surface area contributed by atoms with Gasteiger partial charge in [-0.2, -0.15) is 0 Å². The highest BCUT2D eigenvalue weighted by molar-refractivity contribution is 5.97. The highest BCUT2D eigenvalue weighted by Crippen LogP contribution is 2.32. The molecule has 15 heteroatoms. The number of hydrogen-bond acceptors (Lipinski definition) is 15. The van der Waals surface area contributed by atoms with E-state index >= 15 is 0 Å². The van der Waals surface area contributed by atoms with Gasteiger partial charge < -0.3 is 54.2 Å². The number of ketones is 1. The molecule has 59 heavy (non-hydrogen) atoms. The zero-order valence-corrected chi connectivity index (χ0v) is 36.2. The zero-order valence-electron chi connectivity index (χ0n) is 36.2. The third kappa shape index (κ3) is 20.1. The predicted octanol–water partition coefficient (Wildman–Crippen LogP) is 3.87. The largest absolute Gasteiger partial charge is 0.465 e. The zero-order chi connectivity index (χ0) is 43.8. The van der Waals surface area contributed by atoms with Crippen LogP contribution in [-0.4, -0.2) is 136 Å². The Kier molecular flexibility index (Phi) is 24.8. The van der Waals surface area contributed by atoms with Crippen LogP contribution in [-0.2, 0) is 52.3 Å². The van der Waals surface area contributed by atoms with Gasteiger partial charge in [-0.3, -0.25) is 9.59 Å². The fraction of sp³-hybridized carbons (Fsp3) is 0.818. The van der Waals surface area contributed by atoms with Crippen molar-refractivity contribution in [2.24, 2.45) is 40.7 Å². The Hall–Kier alpha value is -2.76. The Morgan fingerprint density at radius 2 is 1.08 bits per heavy atom. The van der Waals surface area contributed by atoms with Crippen molar-refractivity contribution in [1.29, 1.82) is 0 Å². The van der Waals surface area contributed by atoms with Crippen molar-refractivity contribution < 1.29 is 67.7 Å². The summed E-state index contributed by atoms with van der Waals surface area (Å²) in [6.45, 7) is 17.0. The van der Waals surface area contributed by atoms with Crippen LogP contribution in [0.2, 0.25) is 0 Å². The van der Waals surface area contributed by atoms with Gasteiger partial charge in [-0.05, 0) is 87.9 Å². The van der Waals surface area contributed by atoms with E-state index in [4.69, 9.17) is 38.9 Å². The van der Waals surface area contributed by atoms with Crippen LogP contribution in [0, 0.1) is 35.0 Å². The average molecular weight is 842 g/mol. The van der Waals surface area contributed by atoms with Crippen LogP contribution in [0.3, 0.4) is 0 Å². The average Bonchev–Trinajstić information content (AvgIpc) is 3.24. The van der Waals surface area contributed by atoms with Crippen molar-refractivity contribution in [1.82, 2.24) is 0 Å². The van der Waals surface area contributed by atoms with Crippen LogP contribution in [0.15, 0.2) is 25.3 Å². The second-order valence-corrected chi connectivity index (χ2v) is 17.1. The summed E-state index contributed by atoms with van der Waals surface area (Å²) >= 11 is 0. The minimum Gasteiger partial charge on any atom is -0.465 e. The van der Waals surface area contributed by atoms with Crippen molar-refractivity contribution in [3.63, 3.8) is 0 Å². The van der Waals surface area contributed by atoms with Crippen LogP contribution in [0.5, 0.6) is 0 Å². The van der Waals surface area contributed by atoms with Gasteiger partial charge in [-0.15, -0.1) is 0 Å². The second-order valence-electron chi connectivity index (χ2n) is 17.1. The molecule has 0 radical (unpaired) electrons. The molecule has 0 aliphatic heterocycles. The normalized spacial score (nSPS) is 23.7. The molecule has 0 heterocycles. The number of aliphatic hydroxyl groups is 3. The number of esters is 3. The molecule has 2 rings (SSSR count). The number of hydrogen-bond donors (Lipinski definition) is 4. The van der Waals surface area contributed by atoms with E-state index in [2.05, 4.69) is 13.2 Å². The number of rotatable bonds is 31. The smallest absolute Gasteiger partial charge is 0.330 e. The third-order valence-electron chi connectivity index (χ3n) is 12.1. The molecule has 6 unspecified atom stereocenters. The van der Waals surface area contributed by atoms with Crippen LogP contribution in [0.25, 0.3) is 0 Å². The van der Waals surface area contributed by atoms with Crippen molar-refractivity contribution in [2.45, 2.75) is 122 Å². The first-order chi connectivity index (χ1) is 28.1. The number of carbonyl (C=O) groups is 4. The van der Waals surface area contributed by atoms with Gasteiger partial charge in [-0.25, -0.2) is 9.59 Å². The molecule has 0 amide bonds. The fourth-order valence-corrected chi connectivity index (χ4v) is 7.15. The van der Waals surface area contributed by atoms with Crippen LogP contribution in [0.1, 0.15) is 98.3 Å². The summed E-state index contributed by atoms with van der Waals surface area (Å²) < 4.78 is 38.8. The lowest BCUT2D eigenvalue weighted by Crippen LogP contribution is -2.56. The lowest BCUT2D eigenvalue weighted by Gasteiger charge is -2.34. The second kappa shape index (κ2) is 28.0. The molecule has 2 aliphatic rings. The maximum Gasteiger partial charge on any atom is 0.330 e. The number of ether oxygens (including phenoxy) is 7. The maximum atomic E-state index is 12.5. The quantitative estimate of drug-likeness (QED) is 0.0337. The van der Waals surface area contributed by atoms with E-state index in [0.29, 0.717) is 70.2 Å². The Labute approximate surface area is 351 Å². The molecular formula is C44H75NO14. The minimum absolute atomic E-state index is 0.0590. The van der Waals surface area contributed by atoms with E-state index in [1.807, 2.05) is 27.7 Å². The van der Waals surface area contributed by atoms with Gasteiger partial charge in [0.1, 0.15) is 31.8 Å². The summed E-state index contributed by atoms with van der Waals surface area (Å²) in [4.78, 5) is 47.5. The van der Waals surface area contributed by atoms with Crippen molar-refractivity contribution >= 4 is 23.7 Å². The standard InChI is InChI=1S/C44H75NO14/c1-7-40(50)58-27-38(48)43(6,9-3)29-55-24-34-15-11-32(12-16-34)22-53-20-31(5)21-57-42(52)19-36(46)37(47)26-54-23-33-13-17-35(18-14-33)25-56-30-44(45,10-4)39(49)28-59-41(51)8-2/h7-8,31-35,37-39,47-49H,1-2,9-30,45H2,3-6H3. The van der Waals surface area contributed by atoms with Gasteiger partial charge in [0.2, 0.25) is 0 Å². The molecule has 0 bridgehead atoms. The molecule has 2 fully saturated rings. The van der Waals surface area contributed by atoms with Crippen LogP contribution >= 0.6 is 0 Å². The molecular weight excluding hydrogens is 766 g/mol. The number of aliphatic hydroxyl groups excluding tert-OH is 3. The number of Topliss-reactive ketones (excluding diaryl/α,β-unsaturated/α-hetero) is 1. The third-order valence-corrected chi connectivity index (χ3v) is 12.1. The molecule has 0 spiro atoms. The van der Waals surface area contributed by atoms with Crippen LogP contribution < -0.4 is 5.73 Å². The Bertz CT molecular complexity index is 1270. The predicted molar refractivity (Wildman–Crippen MR) is 220 cm³/mol. The molecule has 340 valence electrons. The summed E-state index contributed by atoms with van der Waals surface area (Å²) in [5, 5.41) is 31.3. The highest BCUT2D eigenvalue weighted by Gasteiger charge is 2.35. The first-order valence-corrected chi connectivity index (χ1v) is 21.5. The molecule has 6 atom stereocenters. The maximum absolute atomic E-state index is 12.5. The first-order valence-electron chi connectivity index (χ1n) is 21.5. The number of nitrogens with two attached hydrogens (primary N) is 1. The van der Waals surface area contributed by atoms with Crippen molar-refractivity contribution in [3.8, 4) is 0 Å². The molecule has 0 aromatic rings. The SMILES string of the molecule is C=CC(=O)OCC(O)C(C)(CC)COCC1CCC(COCC(C)COC(=O)CC(=O)C(O)COCC2CCC(COCC(N)(CC)C(O)COC(=O)C=C)CC2)CC1. The van der Waals surface area contributed by atoms with Crippen LogP contribution in [0.4, 0.5) is 0 Å². The molecule has 0 saturated heterocycles. The van der Waals surface area contributed by atoms with E-state index in [0.717, 1.165) is 63.5 Å². The summed E-state index contributed by atoms with van der Waals surface area (Å²) in [6, 6.07) is 0. The number of carbonyl (C=O) groups excluding carboxylic acids is 4. The summed E-state index contributed by atoms with van der Waals surface area (Å²) in [7, 11) is 0. The van der Waals surface area contributed by atoms with Gasteiger partial charge >= 0.3 is 17.9 Å². The fourth-order valence-electron chi connectivity index (χ4n) is 7.15. The lowest BCUT2D eigenvalue weighted by molar-refractivity contribution is -0.150. The van der Waals surface area contributed by atoms with E-state index in [1.54, 1.807) is 0 Å². The van der Waals surface area contributed by atoms with Gasteiger partial charge in [0.15, 0.2) is 5.78 Å². The van der Waals surface area contributed by atoms with E-state index in [-0.39, 0.29) is 44.9 Å². The molecule has 15 nitrogen and oxygen atoms in total. The Morgan fingerprint density at radius 1 is 0.644 bits per heavy atom. The molecule has 2 aliphatic carbocycles. The Morgan fingerprint density at radius 3 is 1.54 bits per heavy atom. The van der Waals surface area contributed by atoms with Gasteiger partial charge in [0.05, 0.1) is 44.7 Å². The van der Waals surface area contributed by atoms with Gasteiger partial charge in [-0.1, -0.05) is 40.9 Å². The van der Waals surface area contributed by atoms with Crippen molar-refractivity contribution in [2.75, 3.05) is 72.7 Å². The van der Waals surface area contributed by atoms with E-state index in [9.17, 15) is 34.5 Å². The molecule has 0 aromatic heterocycles. The topological polar surface area (TPSA) is 220 Å². The van der Waals surface area contributed by atoms with E-state index in [1.165, 1.54) is 0 Å². The highest BCUT2D eigenvalue weighted by atomic mass is 16.6. The summed E-state index contributed by atoms with van der Waals surface area (Å²) in [6.07, 6.45) is 7.10. The lowest BCUT2D eigenvalue weighted by atomic mass is 9.81. The first kappa shape index (κ1) is 52.4. The summed E-state index contributed by atoms with van der Waals surface area (Å²) in [5.74, 6) is -1.09. The summed E-state index contributed by atoms with van der Waals surface area (Å²) in [5.41, 5.74) is 4.77. The van der Waals surface area contributed by atoms with E-state index < -0.39 is 59.4 Å². The molecule has 5 N–H and O–H groups in total. The molecule has 2 saturated carbocycles. The Balaban J connectivity index is 1.52. The van der Waals surface area contributed by atoms with Gasteiger partial charge in [0.25, 0.3) is 0 Å². The monoisotopic (exact) mass is 842 g/mol. The van der Waals surface area contributed by atoms with Gasteiger partial charge in [0, 0.05) is 49.9 Å². The minimum atomic E-state index is -1.41. The van der Waals surface area contributed by atoms with Crippen molar-refractivity contribution in [3.05, 3.63) is 25.3 Å².